The van der Waals surface area contributed by atoms with Crippen LogP contribution in [0, 0.1) is 0 Å². The van der Waals surface area contributed by atoms with Gasteiger partial charge in [-0.2, -0.15) is 0 Å². The van der Waals surface area contributed by atoms with Gasteiger partial charge < -0.3 is 15.6 Å². The second-order valence-corrected chi connectivity index (χ2v) is 5.51. The third kappa shape index (κ3) is 4.82. The molecule has 2 rings (SSSR count). The Kier molecular flexibility index (Phi) is 6.31. The molecule has 9 heteroatoms. The van der Waals surface area contributed by atoms with Crippen molar-refractivity contribution in [2.45, 2.75) is 26.3 Å². The van der Waals surface area contributed by atoms with Crippen molar-refractivity contribution in [3.05, 3.63) is 50.7 Å². The van der Waals surface area contributed by atoms with Gasteiger partial charge in [0.2, 0.25) is 0 Å². The third-order valence-electron chi connectivity index (χ3n) is 3.51. The van der Waals surface area contributed by atoms with E-state index < -0.39 is 23.8 Å². The van der Waals surface area contributed by atoms with E-state index in [-0.39, 0.29) is 11.5 Å². The zero-order valence-electron chi connectivity index (χ0n) is 14.3. The highest BCUT2D eigenvalue weighted by Crippen LogP contribution is 2.14. The lowest BCUT2D eigenvalue weighted by Crippen LogP contribution is -2.35. The number of H-pyrrole nitrogens is 1. The van der Waals surface area contributed by atoms with E-state index in [0.29, 0.717) is 24.3 Å². The van der Waals surface area contributed by atoms with Gasteiger partial charge in [0.15, 0.2) is 12.3 Å². The molecule has 4 N–H and O–H groups in total. The molecule has 0 spiro atoms. The van der Waals surface area contributed by atoms with Crippen LogP contribution in [0.25, 0.3) is 0 Å². The van der Waals surface area contributed by atoms with Gasteiger partial charge in [0.1, 0.15) is 11.6 Å². The molecule has 9 nitrogen and oxygen atoms in total. The summed E-state index contributed by atoms with van der Waals surface area (Å²) in [6.45, 7) is 1.82. The van der Waals surface area contributed by atoms with Crippen LogP contribution < -0.4 is 21.7 Å². The lowest BCUT2D eigenvalue weighted by molar-refractivity contribution is -0.139. The Morgan fingerprint density at radius 1 is 1.35 bits per heavy atom. The summed E-state index contributed by atoms with van der Waals surface area (Å²) in [5.74, 6) is -0.760. The number of carboxylic acid groups (broad SMARTS) is 1. The van der Waals surface area contributed by atoms with Gasteiger partial charge in [0, 0.05) is 12.8 Å². The smallest absolute Gasteiger partial charge is 0.341 e. The Morgan fingerprint density at radius 2 is 2.04 bits per heavy atom. The average molecular weight is 360 g/mol. The van der Waals surface area contributed by atoms with E-state index in [1.807, 2.05) is 6.92 Å². The molecule has 0 unspecified atom stereocenters. The number of hydrogen-bond donors (Lipinski definition) is 3. The first-order valence-corrected chi connectivity index (χ1v) is 8.03. The van der Waals surface area contributed by atoms with Crippen molar-refractivity contribution in [1.82, 2.24) is 9.55 Å². The number of carboxylic acids is 1. The molecule has 0 bridgehead atoms. The Labute approximate surface area is 148 Å². The molecule has 0 saturated heterocycles. The highest BCUT2D eigenvalue weighted by atomic mass is 16.5. The van der Waals surface area contributed by atoms with Gasteiger partial charge in [0.25, 0.3) is 5.56 Å². The van der Waals surface area contributed by atoms with Crippen molar-refractivity contribution < 1.29 is 14.6 Å². The standard InChI is InChI=1S/C17H20N4O5/c1-2-3-8-21-16(24)14(15(18)20-17(21)25)19-9-11-4-6-12(7-5-11)26-10-13(22)23/h4-7,9H,2-3,8,10,18H2,1H3,(H,20,25)(H,22,23). The number of anilines is 1. The molecule has 138 valence electrons. The lowest BCUT2D eigenvalue weighted by Gasteiger charge is -2.06. The van der Waals surface area contributed by atoms with Gasteiger partial charge >= 0.3 is 11.7 Å². The molecule has 2 aromatic rings. The highest BCUT2D eigenvalue weighted by Gasteiger charge is 2.10. The molecule has 0 radical (unpaired) electrons. The molecule has 0 aliphatic carbocycles. The van der Waals surface area contributed by atoms with Crippen molar-refractivity contribution in [3.8, 4) is 5.75 Å². The minimum Gasteiger partial charge on any atom is -0.482 e. The maximum Gasteiger partial charge on any atom is 0.341 e. The van der Waals surface area contributed by atoms with Crippen LogP contribution in [0.4, 0.5) is 11.5 Å². The van der Waals surface area contributed by atoms with E-state index in [0.717, 1.165) is 11.0 Å². The Morgan fingerprint density at radius 3 is 2.65 bits per heavy atom. The molecular weight excluding hydrogens is 340 g/mol. The largest absolute Gasteiger partial charge is 0.482 e. The number of aliphatic carboxylic acids is 1. The number of rotatable bonds is 8. The first-order chi connectivity index (χ1) is 12.4. The first kappa shape index (κ1) is 19.0. The second kappa shape index (κ2) is 8.65. The summed E-state index contributed by atoms with van der Waals surface area (Å²) in [7, 11) is 0. The van der Waals surface area contributed by atoms with E-state index in [9.17, 15) is 14.4 Å². The van der Waals surface area contributed by atoms with Crippen LogP contribution in [-0.2, 0) is 11.3 Å². The van der Waals surface area contributed by atoms with E-state index in [1.165, 1.54) is 6.21 Å². The van der Waals surface area contributed by atoms with Crippen molar-refractivity contribution >= 4 is 23.7 Å². The molecule has 0 atom stereocenters. The number of nitrogens with zero attached hydrogens (tertiary/aromatic N) is 2. The number of carbonyl (C=O) groups is 1. The Bertz CT molecular complexity index is 912. The van der Waals surface area contributed by atoms with Gasteiger partial charge in [0.05, 0.1) is 0 Å². The minimum absolute atomic E-state index is 0.0353. The van der Waals surface area contributed by atoms with Crippen LogP contribution in [0.3, 0.4) is 0 Å². The molecule has 26 heavy (non-hydrogen) atoms. The Balaban J connectivity index is 2.23. The van der Waals surface area contributed by atoms with Crippen LogP contribution >= 0.6 is 0 Å². The minimum atomic E-state index is -1.07. The van der Waals surface area contributed by atoms with E-state index in [1.54, 1.807) is 24.3 Å². The van der Waals surface area contributed by atoms with Gasteiger partial charge in [-0.25, -0.2) is 14.6 Å². The Hall–Kier alpha value is -3.36. The van der Waals surface area contributed by atoms with Crippen LogP contribution in [0.1, 0.15) is 25.3 Å². The molecule has 0 saturated carbocycles. The van der Waals surface area contributed by atoms with Crippen LogP contribution in [0.2, 0.25) is 0 Å². The monoisotopic (exact) mass is 360 g/mol. The second-order valence-electron chi connectivity index (χ2n) is 5.51. The van der Waals surface area contributed by atoms with Gasteiger partial charge in [-0.15, -0.1) is 0 Å². The van der Waals surface area contributed by atoms with E-state index in [4.69, 9.17) is 15.6 Å². The first-order valence-electron chi connectivity index (χ1n) is 8.03. The highest BCUT2D eigenvalue weighted by molar-refractivity contribution is 5.83. The van der Waals surface area contributed by atoms with Crippen LogP contribution in [0.5, 0.6) is 5.75 Å². The van der Waals surface area contributed by atoms with E-state index in [2.05, 4.69) is 9.98 Å². The lowest BCUT2D eigenvalue weighted by atomic mass is 10.2. The van der Waals surface area contributed by atoms with Crippen molar-refractivity contribution in [3.63, 3.8) is 0 Å². The number of ether oxygens (including phenoxy) is 1. The summed E-state index contributed by atoms with van der Waals surface area (Å²) in [6, 6.07) is 6.47. The van der Waals surface area contributed by atoms with Gasteiger partial charge in [-0.3, -0.25) is 14.3 Å². The fourth-order valence-corrected chi connectivity index (χ4v) is 2.16. The molecule has 1 heterocycles. The molecular formula is C17H20N4O5. The SMILES string of the molecule is CCCCn1c(=O)[nH]c(N)c(N=Cc2ccc(OCC(=O)O)cc2)c1=O. The van der Waals surface area contributed by atoms with Crippen molar-refractivity contribution in [2.75, 3.05) is 12.3 Å². The number of nitrogens with one attached hydrogen (secondary N) is 1. The number of aromatic amines is 1. The number of aliphatic imine (C=N–C) groups is 1. The molecule has 1 aromatic carbocycles. The summed E-state index contributed by atoms with van der Waals surface area (Å²) in [5, 5.41) is 8.57. The predicted molar refractivity (Wildman–Crippen MR) is 97.5 cm³/mol. The van der Waals surface area contributed by atoms with Crippen molar-refractivity contribution in [1.29, 1.82) is 0 Å². The number of unbranched alkanes of at least 4 members (excludes halogenated alkanes) is 1. The number of nitrogens with two attached hydrogens (primary N) is 1. The topological polar surface area (TPSA) is 140 Å². The molecule has 0 aliphatic heterocycles. The fourth-order valence-electron chi connectivity index (χ4n) is 2.16. The summed E-state index contributed by atoms with van der Waals surface area (Å²) >= 11 is 0. The van der Waals surface area contributed by atoms with Crippen molar-refractivity contribution in [2.24, 2.45) is 4.99 Å². The van der Waals surface area contributed by atoms with E-state index >= 15 is 0 Å². The maximum absolute atomic E-state index is 12.4. The zero-order valence-corrected chi connectivity index (χ0v) is 14.3. The zero-order chi connectivity index (χ0) is 19.1. The molecule has 0 amide bonds. The van der Waals surface area contributed by atoms with Gasteiger partial charge in [-0.05, 0) is 36.2 Å². The number of aromatic nitrogens is 2. The molecule has 1 aromatic heterocycles. The average Bonchev–Trinajstić information content (AvgIpc) is 2.60. The quantitative estimate of drug-likeness (QED) is 0.603. The van der Waals surface area contributed by atoms with Crippen LogP contribution in [0.15, 0.2) is 38.8 Å². The number of benzene rings is 1. The third-order valence-corrected chi connectivity index (χ3v) is 3.51. The van der Waals surface area contributed by atoms with Gasteiger partial charge in [-0.1, -0.05) is 13.3 Å². The fraction of sp³-hybridized carbons (Fsp3) is 0.294. The molecule has 0 fully saturated rings. The summed E-state index contributed by atoms with van der Waals surface area (Å²) in [4.78, 5) is 41.3. The van der Waals surface area contributed by atoms with Crippen LogP contribution in [-0.4, -0.2) is 33.4 Å². The summed E-state index contributed by atoms with van der Waals surface area (Å²) in [5.41, 5.74) is 5.23. The number of hydrogen-bond acceptors (Lipinski definition) is 6. The number of nitrogen functional groups attached to an aromatic ring is 1. The normalized spacial score (nSPS) is 11.0. The summed E-state index contributed by atoms with van der Waals surface area (Å²) < 4.78 is 6.11. The predicted octanol–water partition coefficient (Wildman–Crippen LogP) is 1.13. The summed E-state index contributed by atoms with van der Waals surface area (Å²) in [6.07, 6.45) is 2.95. The molecule has 0 aliphatic rings. The maximum atomic E-state index is 12.4.